The first-order valence-electron chi connectivity index (χ1n) is 8.27. The summed E-state index contributed by atoms with van der Waals surface area (Å²) in [5, 5.41) is 12.3. The van der Waals surface area contributed by atoms with Crippen LogP contribution in [-0.2, 0) is 4.79 Å². The number of amides is 1. The van der Waals surface area contributed by atoms with Gasteiger partial charge in [-0.2, -0.15) is 0 Å². The molecule has 0 saturated carbocycles. The fourth-order valence-corrected chi connectivity index (χ4v) is 3.32. The number of aliphatic hydroxyl groups is 1. The van der Waals surface area contributed by atoms with E-state index < -0.39 is 0 Å². The number of hydrogen-bond donors (Lipinski definition) is 2. The summed E-state index contributed by atoms with van der Waals surface area (Å²) in [6, 6.07) is 7.99. The maximum Gasteiger partial charge on any atom is 0.234 e. The Labute approximate surface area is 143 Å². The average molecular weight is 337 g/mol. The van der Waals surface area contributed by atoms with Gasteiger partial charge in [-0.3, -0.25) is 4.79 Å². The van der Waals surface area contributed by atoms with Crippen LogP contribution in [0.4, 0.5) is 11.4 Å². The van der Waals surface area contributed by atoms with Crippen molar-refractivity contribution in [1.29, 1.82) is 0 Å². The molecule has 0 spiro atoms. The smallest absolute Gasteiger partial charge is 0.234 e. The number of carbonyl (C=O) groups excluding carboxylic acids is 1. The molecule has 1 aromatic carbocycles. The topological polar surface area (TPSA) is 52.6 Å². The Morgan fingerprint density at radius 2 is 1.96 bits per heavy atom. The number of nitrogens with zero attached hydrogens (tertiary/aromatic N) is 1. The fraction of sp³-hybridized carbons (Fsp3) is 0.611. The monoisotopic (exact) mass is 336 g/mol. The molecule has 1 saturated heterocycles. The molecule has 0 radical (unpaired) electrons. The summed E-state index contributed by atoms with van der Waals surface area (Å²) in [6.45, 7) is 8.47. The first kappa shape index (κ1) is 18.1. The second-order valence-electron chi connectivity index (χ2n) is 7.08. The van der Waals surface area contributed by atoms with Crippen LogP contribution >= 0.6 is 11.8 Å². The van der Waals surface area contributed by atoms with Gasteiger partial charge in [0.1, 0.15) is 0 Å². The molecule has 1 aromatic rings. The molecule has 1 aliphatic heterocycles. The first-order chi connectivity index (χ1) is 10.9. The van der Waals surface area contributed by atoms with E-state index in [1.54, 1.807) is 11.8 Å². The van der Waals surface area contributed by atoms with E-state index in [1.165, 1.54) is 0 Å². The van der Waals surface area contributed by atoms with Crippen LogP contribution in [0.3, 0.4) is 0 Å². The molecule has 1 aliphatic rings. The number of aliphatic hydroxyl groups excluding tert-OH is 1. The summed E-state index contributed by atoms with van der Waals surface area (Å²) in [7, 11) is 0. The summed E-state index contributed by atoms with van der Waals surface area (Å²) >= 11 is 1.65. The Bertz CT molecular complexity index is 520. The van der Waals surface area contributed by atoms with Crippen LogP contribution in [-0.4, -0.2) is 41.2 Å². The zero-order valence-corrected chi connectivity index (χ0v) is 15.2. The van der Waals surface area contributed by atoms with Gasteiger partial charge in [0.2, 0.25) is 5.91 Å². The van der Waals surface area contributed by atoms with E-state index >= 15 is 0 Å². The van der Waals surface area contributed by atoms with Gasteiger partial charge < -0.3 is 15.3 Å². The second kappa shape index (κ2) is 8.06. The summed E-state index contributed by atoms with van der Waals surface area (Å²) in [5.74, 6) is 0.920. The molecule has 128 valence electrons. The Morgan fingerprint density at radius 1 is 1.30 bits per heavy atom. The van der Waals surface area contributed by atoms with E-state index in [0.29, 0.717) is 11.7 Å². The Hall–Kier alpha value is -1.20. The lowest BCUT2D eigenvalue weighted by Gasteiger charge is -2.34. The summed E-state index contributed by atoms with van der Waals surface area (Å²) in [4.78, 5) is 14.5. The average Bonchev–Trinajstić information content (AvgIpc) is 2.53. The predicted molar refractivity (Wildman–Crippen MR) is 99.3 cm³/mol. The summed E-state index contributed by atoms with van der Waals surface area (Å²) in [5.41, 5.74) is 1.97. The van der Waals surface area contributed by atoms with Gasteiger partial charge in [0, 0.05) is 24.4 Å². The number of rotatable bonds is 5. The van der Waals surface area contributed by atoms with Crippen molar-refractivity contribution in [2.24, 2.45) is 5.92 Å². The van der Waals surface area contributed by atoms with Crippen molar-refractivity contribution in [3.05, 3.63) is 24.3 Å². The molecule has 0 aromatic heterocycles. The van der Waals surface area contributed by atoms with Gasteiger partial charge in [-0.05, 0) is 30.9 Å². The largest absolute Gasteiger partial charge is 0.396 e. The molecule has 1 heterocycles. The number of carbonyl (C=O) groups is 1. The highest BCUT2D eigenvalue weighted by Crippen LogP contribution is 2.30. The number of benzene rings is 1. The molecule has 0 unspecified atom stereocenters. The van der Waals surface area contributed by atoms with Crippen LogP contribution in [0.25, 0.3) is 0 Å². The molecule has 1 amide bonds. The minimum Gasteiger partial charge on any atom is -0.396 e. The number of nitrogens with one attached hydrogen (secondary N) is 1. The van der Waals surface area contributed by atoms with Crippen LogP contribution in [0.15, 0.2) is 24.3 Å². The molecule has 23 heavy (non-hydrogen) atoms. The minimum absolute atomic E-state index is 0.0441. The van der Waals surface area contributed by atoms with E-state index in [2.05, 4.69) is 37.1 Å². The molecular formula is C18H28N2O2S. The summed E-state index contributed by atoms with van der Waals surface area (Å²) < 4.78 is 0.0863. The standard InChI is InChI=1S/C18H28N2O2S/c1-18(2,3)23-13-17(22)19-15-6-4-5-7-16(15)20-10-8-14(12-21)9-11-20/h4-7,14,21H,8-13H2,1-3H3,(H,19,22). The van der Waals surface area contributed by atoms with Crippen molar-refractivity contribution in [3.63, 3.8) is 0 Å². The van der Waals surface area contributed by atoms with Crippen molar-refractivity contribution >= 4 is 29.0 Å². The molecule has 2 rings (SSSR count). The third-order valence-electron chi connectivity index (χ3n) is 4.03. The number of piperidine rings is 1. The van der Waals surface area contributed by atoms with Crippen molar-refractivity contribution < 1.29 is 9.90 Å². The molecule has 2 N–H and O–H groups in total. The Balaban J connectivity index is 1.99. The van der Waals surface area contributed by atoms with Crippen LogP contribution in [0.2, 0.25) is 0 Å². The Morgan fingerprint density at radius 3 is 2.57 bits per heavy atom. The van der Waals surface area contributed by atoms with Gasteiger partial charge in [-0.1, -0.05) is 32.9 Å². The van der Waals surface area contributed by atoms with Crippen LogP contribution in [0.5, 0.6) is 0 Å². The molecule has 5 heteroatoms. The minimum atomic E-state index is 0.0441. The highest BCUT2D eigenvalue weighted by Gasteiger charge is 2.21. The zero-order valence-electron chi connectivity index (χ0n) is 14.3. The number of hydrogen-bond acceptors (Lipinski definition) is 4. The predicted octanol–water partition coefficient (Wildman–Crippen LogP) is 3.37. The van der Waals surface area contributed by atoms with E-state index in [1.807, 2.05) is 18.2 Å². The van der Waals surface area contributed by atoms with Gasteiger partial charge in [-0.15, -0.1) is 11.8 Å². The van der Waals surface area contributed by atoms with Crippen molar-refractivity contribution in [2.45, 2.75) is 38.4 Å². The molecule has 0 aliphatic carbocycles. The zero-order chi connectivity index (χ0) is 16.9. The number of thioether (sulfide) groups is 1. The van der Waals surface area contributed by atoms with Gasteiger partial charge in [0.25, 0.3) is 0 Å². The lowest BCUT2D eigenvalue weighted by molar-refractivity contribution is -0.113. The number of para-hydroxylation sites is 2. The molecule has 0 bridgehead atoms. The first-order valence-corrected chi connectivity index (χ1v) is 9.26. The van der Waals surface area contributed by atoms with E-state index in [4.69, 9.17) is 0 Å². The van der Waals surface area contributed by atoms with Crippen LogP contribution < -0.4 is 10.2 Å². The Kier molecular flexibility index (Phi) is 6.36. The lowest BCUT2D eigenvalue weighted by Crippen LogP contribution is -2.35. The van der Waals surface area contributed by atoms with Gasteiger partial charge in [0.05, 0.1) is 17.1 Å². The lowest BCUT2D eigenvalue weighted by atomic mass is 9.97. The van der Waals surface area contributed by atoms with E-state index in [9.17, 15) is 9.90 Å². The van der Waals surface area contributed by atoms with Gasteiger partial charge >= 0.3 is 0 Å². The third kappa shape index (κ3) is 5.74. The van der Waals surface area contributed by atoms with E-state index in [-0.39, 0.29) is 17.3 Å². The molecule has 4 nitrogen and oxygen atoms in total. The van der Waals surface area contributed by atoms with Crippen LogP contribution in [0, 0.1) is 5.92 Å². The van der Waals surface area contributed by atoms with Gasteiger partial charge in [0.15, 0.2) is 0 Å². The normalized spacial score (nSPS) is 16.4. The quantitative estimate of drug-likeness (QED) is 0.866. The highest BCUT2D eigenvalue weighted by atomic mass is 32.2. The summed E-state index contributed by atoms with van der Waals surface area (Å²) in [6.07, 6.45) is 2.00. The maximum absolute atomic E-state index is 12.2. The van der Waals surface area contributed by atoms with Crippen molar-refractivity contribution in [3.8, 4) is 0 Å². The maximum atomic E-state index is 12.2. The molecule has 0 atom stereocenters. The fourth-order valence-electron chi connectivity index (χ4n) is 2.68. The van der Waals surface area contributed by atoms with Crippen LogP contribution in [0.1, 0.15) is 33.6 Å². The van der Waals surface area contributed by atoms with Crippen molar-refractivity contribution in [1.82, 2.24) is 0 Å². The molecule has 1 fully saturated rings. The number of anilines is 2. The highest BCUT2D eigenvalue weighted by molar-refractivity contribution is 8.01. The third-order valence-corrected chi connectivity index (χ3v) is 5.30. The molecular weight excluding hydrogens is 308 g/mol. The SMILES string of the molecule is CC(C)(C)SCC(=O)Nc1ccccc1N1CCC(CO)CC1. The van der Waals surface area contributed by atoms with Crippen molar-refractivity contribution in [2.75, 3.05) is 35.7 Å². The van der Waals surface area contributed by atoms with E-state index in [0.717, 1.165) is 37.3 Å². The van der Waals surface area contributed by atoms with Gasteiger partial charge in [-0.25, -0.2) is 0 Å². The second-order valence-corrected chi connectivity index (χ2v) is 8.88.